The molecule has 2 unspecified atom stereocenters. The minimum atomic E-state index is 0.573. The molecule has 1 fully saturated rings. The van der Waals surface area contributed by atoms with Crippen LogP contribution in [0, 0.1) is 6.92 Å². The number of hydrogen-bond acceptors (Lipinski definition) is 3. The second kappa shape index (κ2) is 4.94. The van der Waals surface area contributed by atoms with Crippen LogP contribution >= 0.6 is 15.9 Å². The summed E-state index contributed by atoms with van der Waals surface area (Å²) < 4.78 is 1.05. The topological polar surface area (TPSA) is 19.4 Å². The summed E-state index contributed by atoms with van der Waals surface area (Å²) in [7, 11) is 2.20. The fourth-order valence-corrected chi connectivity index (χ4v) is 2.89. The average Bonchev–Trinajstić information content (AvgIpc) is 2.25. The number of piperazine rings is 1. The minimum absolute atomic E-state index is 0.573. The highest BCUT2D eigenvalue weighted by Crippen LogP contribution is 2.24. The fraction of sp³-hybridized carbons (Fsp3) is 0.615. The Hall–Kier alpha value is -0.610. The first kappa shape index (κ1) is 12.8. The lowest BCUT2D eigenvalue weighted by atomic mass is 10.1. The van der Waals surface area contributed by atoms with Crippen molar-refractivity contribution < 1.29 is 0 Å². The Bertz CT molecular complexity index is 396. The van der Waals surface area contributed by atoms with Gasteiger partial charge in [0.1, 0.15) is 5.82 Å². The van der Waals surface area contributed by atoms with Gasteiger partial charge in [-0.05, 0) is 55.4 Å². The zero-order chi connectivity index (χ0) is 12.6. The Labute approximate surface area is 112 Å². The molecular weight excluding hydrogens is 278 g/mol. The van der Waals surface area contributed by atoms with Gasteiger partial charge in [0.2, 0.25) is 0 Å². The van der Waals surface area contributed by atoms with Crippen LogP contribution in [-0.4, -0.2) is 42.1 Å². The molecule has 1 aliphatic heterocycles. The molecule has 4 heteroatoms. The molecule has 1 saturated heterocycles. The Kier molecular flexibility index (Phi) is 3.73. The van der Waals surface area contributed by atoms with E-state index in [2.05, 4.69) is 64.6 Å². The summed E-state index contributed by atoms with van der Waals surface area (Å²) in [6.45, 7) is 8.78. The van der Waals surface area contributed by atoms with Crippen LogP contribution in [0.2, 0.25) is 0 Å². The maximum Gasteiger partial charge on any atom is 0.131 e. The van der Waals surface area contributed by atoms with Gasteiger partial charge in [0.25, 0.3) is 0 Å². The third-order valence-electron chi connectivity index (χ3n) is 3.68. The highest BCUT2D eigenvalue weighted by atomic mass is 79.9. The van der Waals surface area contributed by atoms with Crippen LogP contribution in [0.5, 0.6) is 0 Å². The molecule has 0 saturated carbocycles. The highest BCUT2D eigenvalue weighted by Gasteiger charge is 2.27. The third-order valence-corrected chi connectivity index (χ3v) is 4.11. The van der Waals surface area contributed by atoms with Crippen molar-refractivity contribution in [1.82, 2.24) is 9.88 Å². The average molecular weight is 298 g/mol. The number of rotatable bonds is 1. The number of likely N-dealkylation sites (N-methyl/N-ethyl adjacent to an activating group) is 1. The summed E-state index contributed by atoms with van der Waals surface area (Å²) in [6, 6.07) is 3.28. The van der Waals surface area contributed by atoms with Gasteiger partial charge in [0.15, 0.2) is 0 Å². The van der Waals surface area contributed by atoms with Gasteiger partial charge in [-0.1, -0.05) is 0 Å². The van der Waals surface area contributed by atoms with E-state index < -0.39 is 0 Å². The van der Waals surface area contributed by atoms with E-state index in [1.54, 1.807) is 0 Å². The molecule has 0 bridgehead atoms. The van der Waals surface area contributed by atoms with Crippen LogP contribution in [0.15, 0.2) is 16.7 Å². The van der Waals surface area contributed by atoms with Gasteiger partial charge in [-0.3, -0.25) is 4.90 Å². The van der Waals surface area contributed by atoms with Gasteiger partial charge in [0, 0.05) is 35.8 Å². The SMILES string of the molecule is Cc1cc(Br)cnc1N1CC(C)N(C)C(C)C1. The maximum atomic E-state index is 4.56. The molecule has 0 spiro atoms. The van der Waals surface area contributed by atoms with Crippen molar-refractivity contribution in [3.8, 4) is 0 Å². The molecule has 2 atom stereocenters. The molecule has 0 amide bonds. The van der Waals surface area contributed by atoms with Crippen molar-refractivity contribution in [3.63, 3.8) is 0 Å². The van der Waals surface area contributed by atoms with Crippen LogP contribution in [-0.2, 0) is 0 Å². The molecule has 2 heterocycles. The summed E-state index contributed by atoms with van der Waals surface area (Å²) in [5.74, 6) is 1.12. The minimum Gasteiger partial charge on any atom is -0.353 e. The molecule has 0 N–H and O–H groups in total. The Morgan fingerprint density at radius 2 is 1.88 bits per heavy atom. The summed E-state index contributed by atoms with van der Waals surface area (Å²) in [5, 5.41) is 0. The van der Waals surface area contributed by atoms with Crippen molar-refractivity contribution in [3.05, 3.63) is 22.3 Å². The number of pyridine rings is 1. The largest absolute Gasteiger partial charge is 0.353 e. The van der Waals surface area contributed by atoms with Crippen molar-refractivity contribution in [2.24, 2.45) is 0 Å². The zero-order valence-electron chi connectivity index (χ0n) is 10.9. The molecule has 17 heavy (non-hydrogen) atoms. The quantitative estimate of drug-likeness (QED) is 0.794. The van der Waals surface area contributed by atoms with Gasteiger partial charge in [-0.15, -0.1) is 0 Å². The Morgan fingerprint density at radius 1 is 1.29 bits per heavy atom. The number of hydrogen-bond donors (Lipinski definition) is 0. The Morgan fingerprint density at radius 3 is 2.41 bits per heavy atom. The van der Waals surface area contributed by atoms with E-state index in [0.29, 0.717) is 12.1 Å². The number of halogens is 1. The molecule has 2 rings (SSSR count). The van der Waals surface area contributed by atoms with E-state index >= 15 is 0 Å². The molecule has 1 aromatic heterocycles. The lowest BCUT2D eigenvalue weighted by Gasteiger charge is -2.43. The van der Waals surface area contributed by atoms with Crippen molar-refractivity contribution in [2.45, 2.75) is 32.9 Å². The van der Waals surface area contributed by atoms with Crippen LogP contribution < -0.4 is 4.90 Å². The number of anilines is 1. The van der Waals surface area contributed by atoms with E-state index in [4.69, 9.17) is 0 Å². The first-order valence-electron chi connectivity index (χ1n) is 6.08. The van der Waals surface area contributed by atoms with E-state index in [-0.39, 0.29) is 0 Å². The fourth-order valence-electron chi connectivity index (χ4n) is 2.44. The molecule has 0 radical (unpaired) electrons. The smallest absolute Gasteiger partial charge is 0.131 e. The van der Waals surface area contributed by atoms with E-state index in [0.717, 1.165) is 23.4 Å². The number of nitrogens with zero attached hydrogens (tertiary/aromatic N) is 3. The zero-order valence-corrected chi connectivity index (χ0v) is 12.5. The first-order valence-corrected chi connectivity index (χ1v) is 6.87. The van der Waals surface area contributed by atoms with Gasteiger partial charge >= 0.3 is 0 Å². The lowest BCUT2D eigenvalue weighted by molar-refractivity contribution is 0.169. The normalized spacial score (nSPS) is 26.3. The predicted molar refractivity (Wildman–Crippen MR) is 75.6 cm³/mol. The molecular formula is C13H20BrN3. The van der Waals surface area contributed by atoms with Crippen LogP contribution in [0.1, 0.15) is 19.4 Å². The summed E-state index contributed by atoms with van der Waals surface area (Å²) in [4.78, 5) is 9.39. The van der Waals surface area contributed by atoms with Crippen LogP contribution in [0.4, 0.5) is 5.82 Å². The molecule has 1 aliphatic rings. The van der Waals surface area contributed by atoms with Gasteiger partial charge < -0.3 is 4.90 Å². The molecule has 3 nitrogen and oxygen atoms in total. The number of aromatic nitrogens is 1. The van der Waals surface area contributed by atoms with Gasteiger partial charge in [-0.25, -0.2) is 4.98 Å². The third kappa shape index (κ3) is 2.63. The summed E-state index contributed by atoms with van der Waals surface area (Å²) in [6.07, 6.45) is 1.88. The maximum absolute atomic E-state index is 4.56. The second-order valence-corrected chi connectivity index (χ2v) is 5.98. The Balaban J connectivity index is 2.23. The molecule has 0 aliphatic carbocycles. The molecule has 94 valence electrons. The van der Waals surface area contributed by atoms with Crippen LogP contribution in [0.3, 0.4) is 0 Å². The predicted octanol–water partition coefficient (Wildman–Crippen LogP) is 2.68. The standard InChI is InChI=1S/C13H20BrN3/c1-9-5-12(14)6-15-13(9)17-7-10(2)16(4)11(3)8-17/h5-6,10-11H,7-8H2,1-4H3. The van der Waals surface area contributed by atoms with Crippen molar-refractivity contribution >= 4 is 21.7 Å². The van der Waals surface area contributed by atoms with E-state index in [1.807, 2.05) is 6.20 Å². The van der Waals surface area contributed by atoms with Gasteiger partial charge in [0.05, 0.1) is 0 Å². The monoisotopic (exact) mass is 297 g/mol. The number of aryl methyl sites for hydroxylation is 1. The summed E-state index contributed by atoms with van der Waals surface area (Å²) >= 11 is 3.46. The van der Waals surface area contributed by atoms with E-state index in [1.165, 1.54) is 5.56 Å². The first-order chi connectivity index (χ1) is 7.99. The summed E-state index contributed by atoms with van der Waals surface area (Å²) in [5.41, 5.74) is 1.24. The van der Waals surface area contributed by atoms with E-state index in [9.17, 15) is 0 Å². The van der Waals surface area contributed by atoms with Crippen molar-refractivity contribution in [2.75, 3.05) is 25.0 Å². The highest BCUT2D eigenvalue weighted by molar-refractivity contribution is 9.10. The molecule has 1 aromatic rings. The molecule has 0 aromatic carbocycles. The lowest BCUT2D eigenvalue weighted by Crippen LogP contribution is -2.55. The van der Waals surface area contributed by atoms with Crippen LogP contribution in [0.25, 0.3) is 0 Å². The van der Waals surface area contributed by atoms with Crippen molar-refractivity contribution in [1.29, 1.82) is 0 Å². The second-order valence-electron chi connectivity index (χ2n) is 5.06. The van der Waals surface area contributed by atoms with Gasteiger partial charge in [-0.2, -0.15) is 0 Å².